The maximum Gasteiger partial charge on any atom is 0.417 e. The molecule has 1 amide bonds. The summed E-state index contributed by atoms with van der Waals surface area (Å²) >= 11 is 0. The Labute approximate surface area is 119 Å². The molecule has 0 aliphatic heterocycles. The molecule has 0 aliphatic rings. The summed E-state index contributed by atoms with van der Waals surface area (Å²) in [4.78, 5) is 23.1. The van der Waals surface area contributed by atoms with Gasteiger partial charge in [0.2, 0.25) is 5.91 Å². The van der Waals surface area contributed by atoms with Crippen LogP contribution < -0.4 is 10.6 Å². The van der Waals surface area contributed by atoms with Crippen LogP contribution in [-0.2, 0) is 11.0 Å². The van der Waals surface area contributed by atoms with Crippen LogP contribution in [0.1, 0.15) is 29.3 Å². The van der Waals surface area contributed by atoms with Crippen molar-refractivity contribution < 1.29 is 27.9 Å². The van der Waals surface area contributed by atoms with Gasteiger partial charge >= 0.3 is 12.1 Å². The Balaban J connectivity index is 3.31. The monoisotopic (exact) mass is 304 g/mol. The molecule has 0 saturated heterocycles. The number of primary amides is 1. The average Bonchev–Trinajstić information content (AvgIpc) is 2.36. The minimum atomic E-state index is -4.75. The molecule has 116 valence electrons. The highest BCUT2D eigenvalue weighted by molar-refractivity contribution is 5.95. The smallest absolute Gasteiger partial charge is 0.417 e. The van der Waals surface area contributed by atoms with Crippen LogP contribution >= 0.6 is 0 Å². The predicted molar refractivity (Wildman–Crippen MR) is 70.1 cm³/mol. The number of halogens is 3. The second-order valence-corrected chi connectivity index (χ2v) is 4.41. The van der Waals surface area contributed by atoms with E-state index in [1.807, 2.05) is 0 Å². The summed E-state index contributed by atoms with van der Waals surface area (Å²) in [6.45, 7) is 1.62. The van der Waals surface area contributed by atoms with E-state index in [-0.39, 0.29) is 12.2 Å². The van der Waals surface area contributed by atoms with Crippen molar-refractivity contribution in [2.75, 3.05) is 18.0 Å². The molecule has 0 heterocycles. The normalized spacial score (nSPS) is 11.2. The number of hydrogen-bond donors (Lipinski definition) is 2. The Hall–Kier alpha value is -2.25. The van der Waals surface area contributed by atoms with Gasteiger partial charge in [-0.15, -0.1) is 0 Å². The van der Waals surface area contributed by atoms with Crippen molar-refractivity contribution in [3.63, 3.8) is 0 Å². The van der Waals surface area contributed by atoms with E-state index >= 15 is 0 Å². The Bertz CT molecular complexity index is 544. The zero-order valence-corrected chi connectivity index (χ0v) is 11.3. The van der Waals surface area contributed by atoms with E-state index < -0.39 is 35.7 Å². The van der Waals surface area contributed by atoms with Crippen LogP contribution in [0.3, 0.4) is 0 Å². The van der Waals surface area contributed by atoms with Gasteiger partial charge < -0.3 is 15.7 Å². The van der Waals surface area contributed by atoms with Crippen molar-refractivity contribution >= 4 is 17.6 Å². The number of nitrogens with two attached hydrogens (primary N) is 1. The molecule has 1 aromatic carbocycles. The van der Waals surface area contributed by atoms with Gasteiger partial charge in [0.15, 0.2) is 0 Å². The lowest BCUT2D eigenvalue weighted by molar-refractivity contribution is -0.138. The first-order valence-electron chi connectivity index (χ1n) is 6.14. The van der Waals surface area contributed by atoms with Crippen LogP contribution in [0.4, 0.5) is 18.9 Å². The van der Waals surface area contributed by atoms with E-state index in [0.29, 0.717) is 6.42 Å². The topological polar surface area (TPSA) is 83.6 Å². The van der Waals surface area contributed by atoms with Gasteiger partial charge in [0.25, 0.3) is 0 Å². The molecule has 3 N–H and O–H groups in total. The SMILES string of the molecule is CCCN(CC(=O)O)c1ccc(C(N)=O)c(C(F)(F)F)c1. The van der Waals surface area contributed by atoms with Gasteiger partial charge in [-0.3, -0.25) is 9.59 Å². The zero-order chi connectivity index (χ0) is 16.2. The standard InChI is InChI=1S/C13H15F3N2O3/c1-2-5-18(7-11(19)20)8-3-4-9(12(17)21)10(6-8)13(14,15)16/h3-4,6H,2,5,7H2,1H3,(H2,17,21)(H,19,20). The predicted octanol–water partition coefficient (Wildman–Crippen LogP) is 2.11. The van der Waals surface area contributed by atoms with Gasteiger partial charge in [-0.2, -0.15) is 13.2 Å². The molecule has 1 rings (SSSR count). The molecule has 0 fully saturated rings. The maximum atomic E-state index is 13.0. The number of aliphatic carboxylic acids is 1. The van der Waals surface area contributed by atoms with Gasteiger partial charge in [-0.05, 0) is 24.6 Å². The van der Waals surface area contributed by atoms with Crippen LogP contribution in [0, 0.1) is 0 Å². The van der Waals surface area contributed by atoms with Crippen molar-refractivity contribution in [2.45, 2.75) is 19.5 Å². The number of nitrogens with zero attached hydrogens (tertiary/aromatic N) is 1. The number of benzene rings is 1. The van der Waals surface area contributed by atoms with Gasteiger partial charge in [0.05, 0.1) is 11.1 Å². The number of alkyl halides is 3. The van der Waals surface area contributed by atoms with Gasteiger partial charge in [0, 0.05) is 12.2 Å². The Kier molecular flexibility index (Phi) is 5.17. The molecule has 0 aliphatic carbocycles. The van der Waals surface area contributed by atoms with Crippen molar-refractivity contribution in [3.05, 3.63) is 29.3 Å². The lowest BCUT2D eigenvalue weighted by atomic mass is 10.0. The number of rotatable bonds is 6. The van der Waals surface area contributed by atoms with E-state index in [4.69, 9.17) is 10.8 Å². The van der Waals surface area contributed by atoms with E-state index in [2.05, 4.69) is 0 Å². The van der Waals surface area contributed by atoms with Crippen LogP contribution in [0.5, 0.6) is 0 Å². The number of anilines is 1. The summed E-state index contributed by atoms with van der Waals surface area (Å²) in [5.74, 6) is -2.34. The molecular weight excluding hydrogens is 289 g/mol. The van der Waals surface area contributed by atoms with Crippen molar-refractivity contribution in [1.82, 2.24) is 0 Å². The van der Waals surface area contributed by atoms with Crippen molar-refractivity contribution in [3.8, 4) is 0 Å². The molecule has 0 atom stereocenters. The Morgan fingerprint density at radius 1 is 1.33 bits per heavy atom. The molecule has 0 saturated carbocycles. The fourth-order valence-electron chi connectivity index (χ4n) is 1.91. The molecule has 0 bridgehead atoms. The molecular formula is C13H15F3N2O3. The number of carboxylic acids is 1. The number of carbonyl (C=O) groups excluding carboxylic acids is 1. The van der Waals surface area contributed by atoms with E-state index in [1.54, 1.807) is 6.92 Å². The fraction of sp³-hybridized carbons (Fsp3) is 0.385. The van der Waals surface area contributed by atoms with Crippen molar-refractivity contribution in [2.24, 2.45) is 5.73 Å². The van der Waals surface area contributed by atoms with Crippen LogP contribution in [0.25, 0.3) is 0 Å². The number of hydrogen-bond acceptors (Lipinski definition) is 3. The zero-order valence-electron chi connectivity index (χ0n) is 11.3. The molecule has 0 aromatic heterocycles. The van der Waals surface area contributed by atoms with Crippen LogP contribution in [0.2, 0.25) is 0 Å². The molecule has 1 aromatic rings. The average molecular weight is 304 g/mol. The second kappa shape index (κ2) is 6.47. The van der Waals surface area contributed by atoms with Gasteiger partial charge in [-0.25, -0.2) is 0 Å². The summed E-state index contributed by atoms with van der Waals surface area (Å²) in [6, 6.07) is 2.97. The third kappa shape index (κ3) is 4.37. The first-order chi connectivity index (χ1) is 9.66. The lowest BCUT2D eigenvalue weighted by Crippen LogP contribution is -2.31. The summed E-state index contributed by atoms with van der Waals surface area (Å²) in [6.07, 6.45) is -4.19. The summed E-state index contributed by atoms with van der Waals surface area (Å²) in [7, 11) is 0. The third-order valence-corrected chi connectivity index (χ3v) is 2.76. The quantitative estimate of drug-likeness (QED) is 0.843. The van der Waals surface area contributed by atoms with E-state index in [1.165, 1.54) is 11.0 Å². The Morgan fingerprint density at radius 2 is 1.95 bits per heavy atom. The Morgan fingerprint density at radius 3 is 2.38 bits per heavy atom. The van der Waals surface area contributed by atoms with E-state index in [0.717, 1.165) is 12.1 Å². The molecule has 21 heavy (non-hydrogen) atoms. The molecule has 5 nitrogen and oxygen atoms in total. The summed E-state index contributed by atoms with van der Waals surface area (Å²) in [5.41, 5.74) is 3.20. The highest BCUT2D eigenvalue weighted by atomic mass is 19.4. The first-order valence-corrected chi connectivity index (χ1v) is 6.14. The minimum Gasteiger partial charge on any atom is -0.480 e. The summed E-state index contributed by atoms with van der Waals surface area (Å²) < 4.78 is 38.9. The minimum absolute atomic E-state index is 0.0802. The summed E-state index contributed by atoms with van der Waals surface area (Å²) in [5, 5.41) is 8.81. The van der Waals surface area contributed by atoms with E-state index in [9.17, 15) is 22.8 Å². The number of carbonyl (C=O) groups is 2. The van der Waals surface area contributed by atoms with Crippen molar-refractivity contribution in [1.29, 1.82) is 0 Å². The van der Waals surface area contributed by atoms with Crippen LogP contribution in [-0.4, -0.2) is 30.1 Å². The fourth-order valence-corrected chi connectivity index (χ4v) is 1.91. The molecule has 0 spiro atoms. The third-order valence-electron chi connectivity index (χ3n) is 2.76. The van der Waals surface area contributed by atoms with Crippen LogP contribution in [0.15, 0.2) is 18.2 Å². The molecule has 8 heteroatoms. The van der Waals surface area contributed by atoms with Gasteiger partial charge in [0.1, 0.15) is 6.54 Å². The molecule has 0 radical (unpaired) electrons. The number of carboxylic acid groups (broad SMARTS) is 1. The van der Waals surface area contributed by atoms with Gasteiger partial charge in [-0.1, -0.05) is 6.92 Å². The maximum absolute atomic E-state index is 13.0. The largest absolute Gasteiger partial charge is 0.480 e. The lowest BCUT2D eigenvalue weighted by Gasteiger charge is -2.24. The highest BCUT2D eigenvalue weighted by Crippen LogP contribution is 2.34. The second-order valence-electron chi connectivity index (χ2n) is 4.41. The first kappa shape index (κ1) is 16.8. The number of amides is 1. The highest BCUT2D eigenvalue weighted by Gasteiger charge is 2.35. The molecule has 0 unspecified atom stereocenters.